The maximum atomic E-state index is 2.27. The van der Waals surface area contributed by atoms with Gasteiger partial charge < -0.3 is 0 Å². The normalized spacial score (nSPS) is 9.52. The average Bonchev–Trinajstić information content (AvgIpc) is 2.51. The summed E-state index contributed by atoms with van der Waals surface area (Å²) >= 11 is 0. The highest BCUT2D eigenvalue weighted by Gasteiger charge is 2.04. The Labute approximate surface area is 129 Å². The van der Waals surface area contributed by atoms with Crippen molar-refractivity contribution < 1.29 is 0 Å². The molecular formula is C21H26. The summed E-state index contributed by atoms with van der Waals surface area (Å²) in [4.78, 5) is 0. The molecule has 3 aromatic carbocycles. The molecule has 0 aliphatic rings. The van der Waals surface area contributed by atoms with Gasteiger partial charge >= 0.3 is 0 Å². The molecule has 0 aliphatic carbocycles. The Bertz CT molecular complexity index is 708. The number of aryl methyl sites for hydroxylation is 1. The van der Waals surface area contributed by atoms with Gasteiger partial charge in [-0.15, -0.1) is 0 Å². The van der Waals surface area contributed by atoms with E-state index in [0.717, 1.165) is 0 Å². The van der Waals surface area contributed by atoms with Gasteiger partial charge in [0.25, 0.3) is 0 Å². The van der Waals surface area contributed by atoms with Crippen LogP contribution in [-0.2, 0) is 0 Å². The molecule has 3 aromatic rings. The van der Waals surface area contributed by atoms with E-state index in [1.54, 1.807) is 0 Å². The zero-order valence-electron chi connectivity index (χ0n) is 12.8. The molecule has 0 aliphatic heterocycles. The minimum absolute atomic E-state index is 0. The van der Waals surface area contributed by atoms with Gasteiger partial charge in [0.2, 0.25) is 0 Å². The molecule has 0 radical (unpaired) electrons. The summed E-state index contributed by atoms with van der Waals surface area (Å²) in [6, 6.07) is 21.7. The Hall–Kier alpha value is -2.08. The minimum atomic E-state index is 0. The highest BCUT2D eigenvalue weighted by atomic mass is 14.1. The highest BCUT2D eigenvalue weighted by molar-refractivity contribution is 5.87. The van der Waals surface area contributed by atoms with E-state index >= 15 is 0 Å². The molecule has 0 aromatic heterocycles. The van der Waals surface area contributed by atoms with E-state index in [9.17, 15) is 0 Å². The highest BCUT2D eigenvalue weighted by Crippen LogP contribution is 2.28. The quantitative estimate of drug-likeness (QED) is 0.460. The maximum Gasteiger partial charge on any atom is -0.0152 e. The Morgan fingerprint density at radius 1 is 0.667 bits per heavy atom. The van der Waals surface area contributed by atoms with Crippen molar-refractivity contribution in [3.8, 4) is 11.1 Å². The van der Waals surface area contributed by atoms with E-state index in [-0.39, 0.29) is 7.43 Å². The fourth-order valence-electron chi connectivity index (χ4n) is 2.42. The lowest BCUT2D eigenvalue weighted by Gasteiger charge is -2.09. The van der Waals surface area contributed by atoms with Gasteiger partial charge in [-0.25, -0.2) is 0 Å². The Morgan fingerprint density at radius 3 is 2.05 bits per heavy atom. The molecule has 0 unspecified atom stereocenters. The summed E-state index contributed by atoms with van der Waals surface area (Å²) in [7, 11) is 0. The summed E-state index contributed by atoms with van der Waals surface area (Å²) in [5.41, 5.74) is 5.35. The lowest BCUT2D eigenvalue weighted by atomic mass is 9.95. The van der Waals surface area contributed by atoms with E-state index in [2.05, 4.69) is 74.5 Å². The summed E-state index contributed by atoms with van der Waals surface area (Å²) in [5.74, 6) is 0. The van der Waals surface area contributed by atoms with Crippen LogP contribution < -0.4 is 0 Å². The van der Waals surface area contributed by atoms with E-state index in [0.29, 0.717) is 0 Å². The van der Waals surface area contributed by atoms with Crippen molar-refractivity contribution in [1.29, 1.82) is 0 Å². The van der Waals surface area contributed by atoms with E-state index in [1.165, 1.54) is 33.0 Å². The van der Waals surface area contributed by atoms with Gasteiger partial charge in [0.15, 0.2) is 0 Å². The van der Waals surface area contributed by atoms with E-state index in [4.69, 9.17) is 0 Å². The standard InChI is InChI=1S/C18H16.C2H6.CH4/c1-13-6-5-9-18(14(13)2)17-11-10-15-7-3-4-8-16(15)12-17;1-2;/h3-12H,1-2H3;1-2H3;1H4. The Morgan fingerprint density at radius 2 is 1.33 bits per heavy atom. The van der Waals surface area contributed by atoms with Gasteiger partial charge in [0, 0.05) is 0 Å². The van der Waals surface area contributed by atoms with Crippen LogP contribution in [0.4, 0.5) is 0 Å². The molecule has 0 spiro atoms. The predicted octanol–water partition coefficient (Wildman–Crippen LogP) is 6.79. The Balaban J connectivity index is 0.000000706. The fraction of sp³-hybridized carbons (Fsp3) is 0.238. The number of hydrogen-bond acceptors (Lipinski definition) is 0. The molecule has 0 atom stereocenters. The molecule has 21 heavy (non-hydrogen) atoms. The molecule has 0 amide bonds. The molecule has 0 fully saturated rings. The van der Waals surface area contributed by atoms with Crippen LogP contribution >= 0.6 is 0 Å². The monoisotopic (exact) mass is 278 g/mol. The topological polar surface area (TPSA) is 0 Å². The molecule has 0 saturated heterocycles. The first-order valence-electron chi connectivity index (χ1n) is 7.31. The van der Waals surface area contributed by atoms with Crippen molar-refractivity contribution >= 4 is 10.8 Å². The van der Waals surface area contributed by atoms with Gasteiger partial charge in [0.05, 0.1) is 0 Å². The van der Waals surface area contributed by atoms with Crippen LogP contribution in [0, 0.1) is 13.8 Å². The molecule has 0 bridgehead atoms. The maximum absolute atomic E-state index is 2.27. The number of benzene rings is 3. The molecule has 110 valence electrons. The molecule has 0 nitrogen and oxygen atoms in total. The summed E-state index contributed by atoms with van der Waals surface area (Å²) in [5, 5.41) is 2.60. The van der Waals surface area contributed by atoms with Crippen LogP contribution in [0.25, 0.3) is 21.9 Å². The molecular weight excluding hydrogens is 252 g/mol. The van der Waals surface area contributed by atoms with E-state index < -0.39 is 0 Å². The van der Waals surface area contributed by atoms with Gasteiger partial charge in [-0.05, 0) is 52.9 Å². The lowest BCUT2D eigenvalue weighted by Crippen LogP contribution is -1.86. The summed E-state index contributed by atoms with van der Waals surface area (Å²) < 4.78 is 0. The van der Waals surface area contributed by atoms with E-state index in [1.807, 2.05) is 13.8 Å². The van der Waals surface area contributed by atoms with Crippen LogP contribution in [-0.4, -0.2) is 0 Å². The predicted molar refractivity (Wildman–Crippen MR) is 96.9 cm³/mol. The Kier molecular flexibility index (Phi) is 6.17. The third-order valence-corrected chi connectivity index (χ3v) is 3.67. The average molecular weight is 278 g/mol. The van der Waals surface area contributed by atoms with Crippen LogP contribution in [0.3, 0.4) is 0 Å². The molecule has 0 N–H and O–H groups in total. The third-order valence-electron chi connectivity index (χ3n) is 3.67. The number of rotatable bonds is 1. The van der Waals surface area contributed by atoms with Gasteiger partial charge in [-0.2, -0.15) is 0 Å². The van der Waals surface area contributed by atoms with Gasteiger partial charge in [0.1, 0.15) is 0 Å². The second-order valence-corrected chi connectivity index (χ2v) is 4.81. The molecule has 3 rings (SSSR count). The smallest absolute Gasteiger partial charge is 0.0152 e. The van der Waals surface area contributed by atoms with Crippen LogP contribution in [0.5, 0.6) is 0 Å². The van der Waals surface area contributed by atoms with Crippen molar-refractivity contribution in [3.05, 3.63) is 71.8 Å². The summed E-state index contributed by atoms with van der Waals surface area (Å²) in [6.45, 7) is 8.36. The van der Waals surface area contributed by atoms with Crippen molar-refractivity contribution in [1.82, 2.24) is 0 Å². The van der Waals surface area contributed by atoms with Crippen molar-refractivity contribution in [2.24, 2.45) is 0 Å². The first-order valence-corrected chi connectivity index (χ1v) is 7.31. The van der Waals surface area contributed by atoms with Gasteiger partial charge in [-0.3, -0.25) is 0 Å². The SMILES string of the molecule is C.CC.Cc1cccc(-c2ccc3ccccc3c2)c1C. The molecule has 0 heteroatoms. The van der Waals surface area contributed by atoms with Crippen LogP contribution in [0.1, 0.15) is 32.4 Å². The van der Waals surface area contributed by atoms with Crippen molar-refractivity contribution in [2.45, 2.75) is 35.1 Å². The lowest BCUT2D eigenvalue weighted by molar-refractivity contribution is 1.34. The minimum Gasteiger partial charge on any atom is -0.0776 e. The molecule has 0 heterocycles. The zero-order valence-corrected chi connectivity index (χ0v) is 12.8. The van der Waals surface area contributed by atoms with Crippen molar-refractivity contribution in [3.63, 3.8) is 0 Å². The molecule has 0 saturated carbocycles. The largest absolute Gasteiger partial charge is 0.0776 e. The van der Waals surface area contributed by atoms with Crippen molar-refractivity contribution in [2.75, 3.05) is 0 Å². The fourth-order valence-corrected chi connectivity index (χ4v) is 2.42. The van der Waals surface area contributed by atoms with Crippen LogP contribution in [0.15, 0.2) is 60.7 Å². The summed E-state index contributed by atoms with van der Waals surface area (Å²) in [6.07, 6.45) is 0. The first-order chi connectivity index (χ1) is 9.75. The second kappa shape index (κ2) is 7.64. The number of hydrogen-bond donors (Lipinski definition) is 0. The van der Waals surface area contributed by atoms with Crippen LogP contribution in [0.2, 0.25) is 0 Å². The first kappa shape index (κ1) is 17.0. The number of fused-ring (bicyclic) bond motifs is 1. The van der Waals surface area contributed by atoms with Gasteiger partial charge in [-0.1, -0.05) is 75.9 Å². The zero-order chi connectivity index (χ0) is 14.5. The second-order valence-electron chi connectivity index (χ2n) is 4.81. The third kappa shape index (κ3) is 3.52.